The highest BCUT2D eigenvalue weighted by atomic mass is 16.7. The van der Waals surface area contributed by atoms with Crippen molar-refractivity contribution in [1.29, 1.82) is 0 Å². The van der Waals surface area contributed by atoms with Gasteiger partial charge in [0.15, 0.2) is 18.0 Å². The van der Waals surface area contributed by atoms with E-state index in [0.717, 1.165) is 46.8 Å². The summed E-state index contributed by atoms with van der Waals surface area (Å²) < 4.78 is 20.5. The minimum Gasteiger partial charge on any atom is -0.459 e. The molecule has 0 N–H and O–H groups in total. The number of rotatable bonds is 6. The Morgan fingerprint density at radius 2 is 1.89 bits per heavy atom. The largest absolute Gasteiger partial charge is 0.459 e. The normalized spacial score (nSPS) is 14.3. The predicted molar refractivity (Wildman–Crippen MR) is 127 cm³/mol. The molecule has 0 bridgehead atoms. The second-order valence-electron chi connectivity index (χ2n) is 8.99. The highest BCUT2D eigenvalue weighted by Gasteiger charge is 2.33. The molecule has 2 aromatic carbocycles. The van der Waals surface area contributed by atoms with E-state index >= 15 is 0 Å². The number of nitrogens with zero attached hydrogens (tertiary/aromatic N) is 3. The van der Waals surface area contributed by atoms with E-state index in [-0.39, 0.29) is 29.5 Å². The Morgan fingerprint density at radius 1 is 1.17 bits per heavy atom. The van der Waals surface area contributed by atoms with Crippen molar-refractivity contribution in [2.24, 2.45) is 7.05 Å². The molecule has 0 unspecified atom stereocenters. The summed E-state index contributed by atoms with van der Waals surface area (Å²) in [6.07, 6.45) is 2.13. The molecule has 1 aromatic heterocycles. The van der Waals surface area contributed by atoms with Gasteiger partial charge in [0.2, 0.25) is 12.5 Å². The Hall–Kier alpha value is -4.14. The van der Waals surface area contributed by atoms with E-state index in [1.54, 1.807) is 22.8 Å². The fourth-order valence-electron chi connectivity index (χ4n) is 4.54. The van der Waals surface area contributed by atoms with Crippen LogP contribution in [0.3, 0.4) is 0 Å². The van der Waals surface area contributed by atoms with Crippen molar-refractivity contribution < 1.29 is 28.5 Å². The molecule has 3 heterocycles. The SMILES string of the molecule is CC(C)OC(=O)c1ccc(C[N+]2=C(c3cc([N+](=O)[O-])cn3C)c3cc4c(cc3CC2)OCO4)cc1. The number of esters is 1. The van der Waals surface area contributed by atoms with Gasteiger partial charge < -0.3 is 18.8 Å². The lowest BCUT2D eigenvalue weighted by Gasteiger charge is -2.20. The van der Waals surface area contributed by atoms with Gasteiger partial charge in [-0.1, -0.05) is 12.1 Å². The number of carbonyl (C=O) groups is 1. The Labute approximate surface area is 202 Å². The van der Waals surface area contributed by atoms with E-state index in [1.807, 2.05) is 45.2 Å². The number of fused-ring (bicyclic) bond motifs is 2. The van der Waals surface area contributed by atoms with Crippen LogP contribution in [0.1, 0.15) is 46.6 Å². The molecule has 0 saturated carbocycles. The highest BCUT2D eigenvalue weighted by molar-refractivity contribution is 6.10. The molecule has 2 aliphatic heterocycles. The zero-order chi connectivity index (χ0) is 24.7. The van der Waals surface area contributed by atoms with Gasteiger partial charge in [-0.15, -0.1) is 0 Å². The molecule has 0 aliphatic carbocycles. The van der Waals surface area contributed by atoms with Crippen LogP contribution in [0.4, 0.5) is 5.69 Å². The van der Waals surface area contributed by atoms with Crippen LogP contribution in [0, 0.1) is 10.1 Å². The van der Waals surface area contributed by atoms with Gasteiger partial charge in [-0.2, -0.15) is 0 Å². The number of benzene rings is 2. The van der Waals surface area contributed by atoms with Gasteiger partial charge in [0.25, 0.3) is 5.69 Å². The lowest BCUT2D eigenvalue weighted by atomic mass is 9.93. The summed E-state index contributed by atoms with van der Waals surface area (Å²) >= 11 is 0. The maximum Gasteiger partial charge on any atom is 0.338 e. The molecular weight excluding hydrogens is 450 g/mol. The van der Waals surface area contributed by atoms with Crippen molar-refractivity contribution in [1.82, 2.24) is 4.57 Å². The average Bonchev–Trinajstić information content (AvgIpc) is 3.43. The Bertz CT molecular complexity index is 1350. The fraction of sp³-hybridized carbons (Fsp3) is 0.308. The van der Waals surface area contributed by atoms with Crippen LogP contribution in [-0.2, 0) is 24.8 Å². The second kappa shape index (κ2) is 8.90. The molecule has 2 aliphatic rings. The number of aryl methyl sites for hydroxylation is 1. The van der Waals surface area contributed by atoms with Crippen LogP contribution in [0.25, 0.3) is 0 Å². The predicted octanol–water partition coefficient (Wildman–Crippen LogP) is 3.83. The summed E-state index contributed by atoms with van der Waals surface area (Å²) in [5.74, 6) is 1.04. The monoisotopic (exact) mass is 476 g/mol. The fourth-order valence-corrected chi connectivity index (χ4v) is 4.54. The number of ether oxygens (including phenoxy) is 3. The lowest BCUT2D eigenvalue weighted by Crippen LogP contribution is -2.31. The van der Waals surface area contributed by atoms with Gasteiger partial charge in [0.05, 0.1) is 28.4 Å². The van der Waals surface area contributed by atoms with Crippen LogP contribution in [-0.4, -0.2) is 45.2 Å². The highest BCUT2D eigenvalue weighted by Crippen LogP contribution is 2.37. The maximum atomic E-state index is 12.2. The summed E-state index contributed by atoms with van der Waals surface area (Å²) in [6, 6.07) is 12.9. The van der Waals surface area contributed by atoms with Crippen molar-refractivity contribution in [3.05, 3.63) is 86.7 Å². The van der Waals surface area contributed by atoms with E-state index in [0.29, 0.717) is 17.9 Å². The first-order valence-electron chi connectivity index (χ1n) is 11.5. The van der Waals surface area contributed by atoms with E-state index < -0.39 is 0 Å². The first kappa shape index (κ1) is 22.6. The maximum absolute atomic E-state index is 12.2. The van der Waals surface area contributed by atoms with E-state index in [9.17, 15) is 14.9 Å². The van der Waals surface area contributed by atoms with E-state index in [2.05, 4.69) is 4.58 Å². The first-order valence-corrected chi connectivity index (χ1v) is 11.5. The van der Waals surface area contributed by atoms with Crippen LogP contribution in [0.15, 0.2) is 48.7 Å². The first-order chi connectivity index (χ1) is 16.8. The molecule has 0 saturated heterocycles. The molecule has 0 amide bonds. The quantitative estimate of drug-likeness (QED) is 0.232. The summed E-state index contributed by atoms with van der Waals surface area (Å²) in [6.45, 7) is 5.11. The smallest absolute Gasteiger partial charge is 0.338 e. The second-order valence-corrected chi connectivity index (χ2v) is 8.99. The third kappa shape index (κ3) is 4.37. The van der Waals surface area contributed by atoms with Crippen molar-refractivity contribution in [2.45, 2.75) is 32.9 Å². The van der Waals surface area contributed by atoms with Crippen molar-refractivity contribution in [2.75, 3.05) is 13.3 Å². The van der Waals surface area contributed by atoms with Crippen molar-refractivity contribution >= 4 is 17.4 Å². The minimum absolute atomic E-state index is 0.0378. The van der Waals surface area contributed by atoms with Gasteiger partial charge >= 0.3 is 5.97 Å². The molecule has 0 atom stereocenters. The molecule has 0 radical (unpaired) electrons. The summed E-state index contributed by atoms with van der Waals surface area (Å²) in [4.78, 5) is 23.3. The molecule has 9 heteroatoms. The number of carbonyl (C=O) groups excluding carboxylic acids is 1. The molecular formula is C26H26N3O6+. The number of hydrogen-bond acceptors (Lipinski definition) is 6. The molecule has 3 aromatic rings. The summed E-state index contributed by atoms with van der Waals surface area (Å²) in [7, 11) is 1.81. The molecule has 0 fully saturated rings. The molecule has 5 rings (SSSR count). The van der Waals surface area contributed by atoms with E-state index in [4.69, 9.17) is 14.2 Å². The number of hydrogen-bond donors (Lipinski definition) is 0. The topological polar surface area (TPSA) is 95.8 Å². The van der Waals surface area contributed by atoms with Gasteiger partial charge in [-0.05, 0) is 43.7 Å². The van der Waals surface area contributed by atoms with Crippen LogP contribution >= 0.6 is 0 Å². The van der Waals surface area contributed by atoms with Gasteiger partial charge in [0, 0.05) is 25.1 Å². The molecule has 0 spiro atoms. The van der Waals surface area contributed by atoms with Gasteiger partial charge in [-0.25, -0.2) is 9.37 Å². The molecule has 9 nitrogen and oxygen atoms in total. The summed E-state index contributed by atoms with van der Waals surface area (Å²) in [5.41, 5.74) is 5.26. The Kier molecular flexibility index (Phi) is 5.76. The zero-order valence-corrected chi connectivity index (χ0v) is 19.8. The third-order valence-electron chi connectivity index (χ3n) is 6.17. The Balaban J connectivity index is 1.57. The van der Waals surface area contributed by atoms with E-state index in [1.165, 1.54) is 6.20 Å². The zero-order valence-electron chi connectivity index (χ0n) is 19.8. The van der Waals surface area contributed by atoms with Gasteiger partial charge in [0.1, 0.15) is 12.2 Å². The summed E-state index contributed by atoms with van der Waals surface area (Å²) in [5, 5.41) is 11.5. The number of aromatic nitrogens is 1. The van der Waals surface area contributed by atoms with Crippen LogP contribution in [0.2, 0.25) is 0 Å². The minimum atomic E-state index is -0.382. The van der Waals surface area contributed by atoms with Crippen LogP contribution in [0.5, 0.6) is 11.5 Å². The van der Waals surface area contributed by atoms with Crippen LogP contribution < -0.4 is 9.47 Å². The van der Waals surface area contributed by atoms with Gasteiger partial charge in [-0.3, -0.25) is 10.1 Å². The van der Waals surface area contributed by atoms with Crippen molar-refractivity contribution in [3.8, 4) is 11.5 Å². The average molecular weight is 477 g/mol. The molecule has 35 heavy (non-hydrogen) atoms. The lowest BCUT2D eigenvalue weighted by molar-refractivity contribution is -0.544. The molecule has 180 valence electrons. The van der Waals surface area contributed by atoms with Crippen molar-refractivity contribution in [3.63, 3.8) is 0 Å². The standard InChI is InChI=1S/C26H26N3O6/c1-16(2)35-26(30)18-6-4-17(5-7-18)13-28-9-8-19-10-23-24(34-15-33-23)12-21(19)25(28)22-11-20(29(31)32)14-27(22)3/h4-7,10-12,14,16H,8-9,13,15H2,1-3H3/q+1. The number of nitro groups is 1. The third-order valence-corrected chi connectivity index (χ3v) is 6.17. The Morgan fingerprint density at radius 3 is 2.54 bits per heavy atom.